The molecule has 7 heteroatoms. The molecule has 1 amide bonds. The van der Waals surface area contributed by atoms with Crippen LogP contribution >= 0.6 is 0 Å². The predicted molar refractivity (Wildman–Crippen MR) is 135 cm³/mol. The van der Waals surface area contributed by atoms with Crippen molar-refractivity contribution in [3.63, 3.8) is 0 Å². The highest BCUT2D eigenvalue weighted by atomic mass is 19.1. The van der Waals surface area contributed by atoms with Gasteiger partial charge in [0.2, 0.25) is 0 Å². The van der Waals surface area contributed by atoms with E-state index in [4.69, 9.17) is 4.74 Å². The van der Waals surface area contributed by atoms with E-state index >= 15 is 0 Å². The second-order valence-electron chi connectivity index (χ2n) is 8.61. The lowest BCUT2D eigenvalue weighted by atomic mass is 9.95. The smallest absolute Gasteiger partial charge is 0.295 e. The zero-order valence-electron chi connectivity index (χ0n) is 19.7. The summed E-state index contributed by atoms with van der Waals surface area (Å²) in [5.41, 5.74) is 2.93. The number of aromatic amines is 1. The topological polar surface area (TPSA) is 82.6 Å². The fraction of sp³-hybridized carbons (Fsp3) is 0.172. The predicted octanol–water partition coefficient (Wildman–Crippen LogP) is 5.37. The van der Waals surface area contributed by atoms with Crippen LogP contribution in [0.15, 0.2) is 84.6 Å². The van der Waals surface area contributed by atoms with Crippen LogP contribution in [0, 0.1) is 5.82 Å². The van der Waals surface area contributed by atoms with E-state index in [0.29, 0.717) is 24.3 Å². The van der Waals surface area contributed by atoms with Crippen LogP contribution in [0.3, 0.4) is 0 Å². The highest BCUT2D eigenvalue weighted by molar-refractivity contribution is 6.46. The number of hydrogen-bond donors (Lipinski definition) is 2. The van der Waals surface area contributed by atoms with Gasteiger partial charge in [-0.1, -0.05) is 30.3 Å². The molecule has 0 spiro atoms. The zero-order chi connectivity index (χ0) is 25.2. The third-order valence-electron chi connectivity index (χ3n) is 6.46. The second-order valence-corrected chi connectivity index (χ2v) is 8.61. The maximum atomic E-state index is 13.5. The molecule has 3 aromatic carbocycles. The van der Waals surface area contributed by atoms with Crippen molar-refractivity contribution in [1.29, 1.82) is 0 Å². The number of aliphatic hydroxyl groups is 1. The van der Waals surface area contributed by atoms with Crippen LogP contribution in [0.4, 0.5) is 4.39 Å². The van der Waals surface area contributed by atoms with Gasteiger partial charge in [0, 0.05) is 29.2 Å². The van der Waals surface area contributed by atoms with Crippen molar-refractivity contribution >= 4 is 28.4 Å². The number of fused-ring (bicyclic) bond motifs is 1. The summed E-state index contributed by atoms with van der Waals surface area (Å²) < 4.78 is 19.0. The van der Waals surface area contributed by atoms with Crippen LogP contribution in [-0.2, 0) is 16.0 Å². The molecule has 6 nitrogen and oxygen atoms in total. The van der Waals surface area contributed by atoms with E-state index in [1.807, 2.05) is 37.4 Å². The van der Waals surface area contributed by atoms with Crippen molar-refractivity contribution in [2.75, 3.05) is 13.2 Å². The Labute approximate surface area is 207 Å². The van der Waals surface area contributed by atoms with Crippen molar-refractivity contribution in [2.24, 2.45) is 0 Å². The number of carbonyl (C=O) groups is 2. The fourth-order valence-electron chi connectivity index (χ4n) is 4.71. The molecule has 1 aliphatic heterocycles. The number of H-pyrrole nitrogens is 1. The number of ketones is 1. The number of nitrogens with one attached hydrogen (secondary N) is 1. The molecule has 182 valence electrons. The molecule has 2 N–H and O–H groups in total. The lowest BCUT2D eigenvalue weighted by Crippen LogP contribution is -2.31. The number of hydrogen-bond acceptors (Lipinski definition) is 4. The van der Waals surface area contributed by atoms with Crippen molar-refractivity contribution < 1.29 is 23.8 Å². The van der Waals surface area contributed by atoms with E-state index in [-0.39, 0.29) is 23.4 Å². The third-order valence-corrected chi connectivity index (χ3v) is 6.46. The number of rotatable bonds is 7. The monoisotopic (exact) mass is 484 g/mol. The summed E-state index contributed by atoms with van der Waals surface area (Å²) in [6.45, 7) is 2.66. The molecule has 2 heterocycles. The van der Waals surface area contributed by atoms with Crippen molar-refractivity contribution in [2.45, 2.75) is 19.4 Å². The first-order valence-electron chi connectivity index (χ1n) is 11.8. The highest BCUT2D eigenvalue weighted by Crippen LogP contribution is 2.40. The van der Waals surface area contributed by atoms with Crippen molar-refractivity contribution in [1.82, 2.24) is 9.88 Å². The number of halogens is 1. The maximum Gasteiger partial charge on any atom is 0.295 e. The van der Waals surface area contributed by atoms with E-state index in [9.17, 15) is 19.1 Å². The molecule has 4 aromatic rings. The van der Waals surface area contributed by atoms with Crippen LogP contribution in [0.25, 0.3) is 16.7 Å². The Morgan fingerprint density at radius 2 is 1.75 bits per heavy atom. The van der Waals surface area contributed by atoms with Gasteiger partial charge in [-0.25, -0.2) is 4.39 Å². The molecular formula is C29H25FN2O4. The Morgan fingerprint density at radius 1 is 1.03 bits per heavy atom. The average molecular weight is 485 g/mol. The van der Waals surface area contributed by atoms with E-state index in [0.717, 1.165) is 16.5 Å². The first-order valence-corrected chi connectivity index (χ1v) is 11.8. The molecule has 0 bridgehead atoms. The van der Waals surface area contributed by atoms with Gasteiger partial charge in [-0.2, -0.15) is 0 Å². The van der Waals surface area contributed by atoms with Gasteiger partial charge in [-0.15, -0.1) is 0 Å². The number of Topliss-reactive ketones (excluding diaryl/α,β-unsaturated/α-hetero) is 1. The minimum Gasteiger partial charge on any atom is -0.507 e. The first-order chi connectivity index (χ1) is 17.5. The number of likely N-dealkylation sites (tertiary alicyclic amines) is 1. The molecule has 0 aliphatic carbocycles. The summed E-state index contributed by atoms with van der Waals surface area (Å²) in [6, 6.07) is 19.4. The summed E-state index contributed by atoms with van der Waals surface area (Å²) in [5.74, 6) is -1.59. The number of amides is 1. The summed E-state index contributed by atoms with van der Waals surface area (Å²) in [7, 11) is 0. The summed E-state index contributed by atoms with van der Waals surface area (Å²) in [4.78, 5) is 31.2. The molecule has 1 aromatic heterocycles. The van der Waals surface area contributed by atoms with Gasteiger partial charge in [0.1, 0.15) is 17.3 Å². The van der Waals surface area contributed by atoms with E-state index in [1.165, 1.54) is 29.2 Å². The van der Waals surface area contributed by atoms with Gasteiger partial charge < -0.3 is 19.7 Å². The molecule has 1 atom stereocenters. The molecule has 1 fully saturated rings. The van der Waals surface area contributed by atoms with Gasteiger partial charge in [-0.3, -0.25) is 9.59 Å². The van der Waals surface area contributed by atoms with Crippen LogP contribution in [0.5, 0.6) is 5.75 Å². The fourth-order valence-corrected chi connectivity index (χ4v) is 4.71. The van der Waals surface area contributed by atoms with Crippen molar-refractivity contribution in [3.05, 3.63) is 107 Å². The lowest BCUT2D eigenvalue weighted by molar-refractivity contribution is -0.139. The first kappa shape index (κ1) is 23.4. The number of nitrogens with zero attached hydrogens (tertiary/aromatic N) is 1. The van der Waals surface area contributed by atoms with E-state index in [2.05, 4.69) is 4.98 Å². The standard InChI is InChI=1S/C29H25FN2O4/c1-2-36-22-13-9-18(10-14-22)26-25(27(33)19-7-11-21(30)12-8-19)28(34)29(35)32(26)16-15-20-17-31-24-6-4-3-5-23(20)24/h3-14,17,26,31,33H,2,15-16H2,1H3. The van der Waals surface area contributed by atoms with Gasteiger partial charge in [-0.05, 0) is 66.9 Å². The Kier molecular flexibility index (Phi) is 6.29. The van der Waals surface area contributed by atoms with E-state index < -0.39 is 23.5 Å². The van der Waals surface area contributed by atoms with Crippen LogP contribution in [0.1, 0.15) is 29.7 Å². The van der Waals surface area contributed by atoms with Gasteiger partial charge in [0.05, 0.1) is 18.2 Å². The Balaban J connectivity index is 1.55. The zero-order valence-corrected chi connectivity index (χ0v) is 19.7. The number of ether oxygens (including phenoxy) is 1. The summed E-state index contributed by atoms with van der Waals surface area (Å²) in [6.07, 6.45) is 2.42. The summed E-state index contributed by atoms with van der Waals surface area (Å²) >= 11 is 0. The van der Waals surface area contributed by atoms with Crippen molar-refractivity contribution in [3.8, 4) is 5.75 Å². The molecule has 1 saturated heterocycles. The van der Waals surface area contributed by atoms with E-state index in [1.54, 1.807) is 24.3 Å². The van der Waals surface area contributed by atoms with Crippen LogP contribution in [0.2, 0.25) is 0 Å². The molecule has 1 aliphatic rings. The highest BCUT2D eigenvalue weighted by Gasteiger charge is 2.45. The number of carbonyl (C=O) groups excluding carboxylic acids is 2. The van der Waals surface area contributed by atoms with Gasteiger partial charge >= 0.3 is 0 Å². The SMILES string of the molecule is CCOc1ccc(C2C(=C(O)c3ccc(F)cc3)C(=O)C(=O)N2CCc2c[nH]c3ccccc23)cc1. The third kappa shape index (κ3) is 4.24. The quantitative estimate of drug-likeness (QED) is 0.210. The molecule has 5 rings (SSSR count). The summed E-state index contributed by atoms with van der Waals surface area (Å²) in [5, 5.41) is 12.2. The van der Waals surface area contributed by atoms with Gasteiger partial charge in [0.15, 0.2) is 0 Å². The molecule has 36 heavy (non-hydrogen) atoms. The minimum atomic E-state index is -0.795. The van der Waals surface area contributed by atoms with Crippen LogP contribution in [-0.4, -0.2) is 39.8 Å². The molecule has 0 saturated carbocycles. The second kappa shape index (κ2) is 9.70. The minimum absolute atomic E-state index is 0.0188. The van der Waals surface area contributed by atoms with Gasteiger partial charge in [0.25, 0.3) is 11.7 Å². The number of benzene rings is 3. The molecule has 1 unspecified atom stereocenters. The number of aliphatic hydroxyl groups excluding tert-OH is 1. The molecular weight excluding hydrogens is 459 g/mol. The largest absolute Gasteiger partial charge is 0.507 e. The number of aromatic nitrogens is 1. The molecule has 0 radical (unpaired) electrons. The lowest BCUT2D eigenvalue weighted by Gasteiger charge is -2.25. The Bertz CT molecular complexity index is 1450. The average Bonchev–Trinajstić information content (AvgIpc) is 3.42. The number of para-hydroxylation sites is 1. The normalized spacial score (nSPS) is 17.2. The Morgan fingerprint density at radius 3 is 2.47 bits per heavy atom. The maximum absolute atomic E-state index is 13.5. The Hall–Kier alpha value is -4.39. The van der Waals surface area contributed by atoms with Crippen LogP contribution < -0.4 is 4.74 Å².